The second-order valence-electron chi connectivity index (χ2n) is 11.0. The van der Waals surface area contributed by atoms with Gasteiger partial charge in [0.1, 0.15) is 19.8 Å². The summed E-state index contributed by atoms with van der Waals surface area (Å²) in [5.41, 5.74) is 6.15. The standard InChI is InChI=1S/C15H29NO6Si.C9H13NO3.C6H11NO2.C6H16O3Si.C3H3ClO/c1-6-20-23(21-7-2,22-8-3)12-9-14(17)16-10-11-19-15(18)13(4)5;1-4-8(11)10-5-6-13-9(12)7(2)3;1-5(2)6(8)9-4-3-7;1-4-7-10(8-5-2)9-6-3;1-2-3(4)5/h4,6-12H2,1-3,5H3,(H,16,17);4H,1-2,5-6H2,3H3,(H,10,11);1,3-4,7H2,2H3;10H,4-6H2,1-3H3;2H,1H2. The highest BCUT2D eigenvalue weighted by atomic mass is 35.5. The maximum atomic E-state index is 11.9. The van der Waals surface area contributed by atoms with Gasteiger partial charge in [-0.25, -0.2) is 14.4 Å². The van der Waals surface area contributed by atoms with Gasteiger partial charge in [0, 0.05) is 75.4 Å². The van der Waals surface area contributed by atoms with Crippen molar-refractivity contribution in [3.63, 3.8) is 0 Å². The van der Waals surface area contributed by atoms with Gasteiger partial charge in [-0.05, 0) is 86.1 Å². The van der Waals surface area contributed by atoms with Crippen LogP contribution in [0, 0.1) is 0 Å². The average molecular weight is 915 g/mol. The second kappa shape index (κ2) is 46.2. The third-order valence-electron chi connectivity index (χ3n) is 5.69. The Bertz CT molecular complexity index is 1240. The molecule has 0 aromatic carbocycles. The van der Waals surface area contributed by atoms with E-state index in [1.165, 1.54) is 0 Å². The molecule has 0 aliphatic rings. The van der Waals surface area contributed by atoms with Gasteiger partial charge in [0.25, 0.3) is 0 Å². The molecule has 21 heteroatoms. The fraction of sp³-hybridized carbons (Fsp3) is 0.590. The van der Waals surface area contributed by atoms with Gasteiger partial charge in [-0.3, -0.25) is 14.4 Å². The lowest BCUT2D eigenvalue weighted by Gasteiger charge is -2.28. The third-order valence-corrected chi connectivity index (χ3v) is 10.7. The van der Waals surface area contributed by atoms with Crippen LogP contribution in [0.25, 0.3) is 0 Å². The van der Waals surface area contributed by atoms with Crippen molar-refractivity contribution in [2.45, 2.75) is 74.8 Å². The Balaban J connectivity index is -0.000000231. The minimum absolute atomic E-state index is 0.113. The van der Waals surface area contributed by atoms with Crippen molar-refractivity contribution in [2.75, 3.05) is 79.1 Å². The number of amides is 2. The monoisotopic (exact) mass is 913 g/mol. The smallest absolute Gasteiger partial charge is 0.461 e. The molecular formula is C39H72ClN3O15Si2. The molecule has 0 aromatic rings. The summed E-state index contributed by atoms with van der Waals surface area (Å²) in [7, 11) is -4.53. The first-order chi connectivity index (χ1) is 28.3. The Hall–Kier alpha value is -3.84. The van der Waals surface area contributed by atoms with Crippen LogP contribution in [0.15, 0.2) is 61.8 Å². The number of rotatable bonds is 28. The second-order valence-corrected chi connectivity index (χ2v) is 15.7. The van der Waals surface area contributed by atoms with Crippen molar-refractivity contribution in [1.82, 2.24) is 10.6 Å². The SMILES string of the molecule is C=C(C)C(=O)OCCN.C=C(C)C(=O)OCCNC(=O)CC[Si](OCC)(OCC)OCC.C=CC(=O)Cl.C=CC(=O)NCCOC(=O)C(=C)C.CCO[SiH](OCC)OCC. The topological polar surface area (TPSA) is 236 Å². The zero-order chi connectivity index (χ0) is 47.4. The minimum Gasteiger partial charge on any atom is -0.461 e. The molecule has 0 aliphatic heterocycles. The summed E-state index contributed by atoms with van der Waals surface area (Å²) < 4.78 is 46.9. The lowest BCUT2D eigenvalue weighted by Crippen LogP contribution is -2.46. The summed E-state index contributed by atoms with van der Waals surface area (Å²) in [4.78, 5) is 64.4. The first-order valence-corrected chi connectivity index (χ1v) is 22.9. The van der Waals surface area contributed by atoms with Crippen LogP contribution < -0.4 is 16.4 Å². The lowest BCUT2D eigenvalue weighted by molar-refractivity contribution is -0.139. The number of carbonyl (C=O) groups is 6. The lowest BCUT2D eigenvalue weighted by atomic mass is 10.4. The van der Waals surface area contributed by atoms with Gasteiger partial charge >= 0.3 is 36.2 Å². The predicted octanol–water partition coefficient (Wildman–Crippen LogP) is 3.88. The van der Waals surface area contributed by atoms with Gasteiger partial charge in [-0.15, -0.1) is 0 Å². The normalized spacial score (nSPS) is 9.80. The van der Waals surface area contributed by atoms with Crippen LogP contribution in [-0.2, 0) is 69.5 Å². The third kappa shape index (κ3) is 46.8. The summed E-state index contributed by atoms with van der Waals surface area (Å²) in [6.07, 6.45) is 2.43. The highest BCUT2D eigenvalue weighted by Gasteiger charge is 2.40. The van der Waals surface area contributed by atoms with E-state index in [4.69, 9.17) is 53.4 Å². The van der Waals surface area contributed by atoms with Gasteiger partial charge in [-0.2, -0.15) is 0 Å². The van der Waals surface area contributed by atoms with Gasteiger partial charge in [0.05, 0.1) is 13.1 Å². The number of nitrogens with one attached hydrogen (secondary N) is 2. The van der Waals surface area contributed by atoms with E-state index in [2.05, 4.69) is 48.3 Å². The Morgan fingerprint density at radius 1 is 0.617 bits per heavy atom. The van der Waals surface area contributed by atoms with Crippen LogP contribution in [0.2, 0.25) is 6.04 Å². The number of carbonyl (C=O) groups excluding carboxylic acids is 6. The number of halogens is 1. The molecule has 0 rings (SSSR count). The molecule has 0 aliphatic carbocycles. The number of esters is 3. The van der Waals surface area contributed by atoms with E-state index in [-0.39, 0.29) is 57.1 Å². The number of hydrogen-bond donors (Lipinski definition) is 3. The van der Waals surface area contributed by atoms with Crippen LogP contribution in [0.4, 0.5) is 0 Å². The Labute approximate surface area is 365 Å². The van der Waals surface area contributed by atoms with Crippen molar-refractivity contribution in [1.29, 1.82) is 0 Å². The van der Waals surface area contributed by atoms with E-state index < -0.39 is 35.5 Å². The van der Waals surface area contributed by atoms with Crippen molar-refractivity contribution in [3.05, 3.63) is 61.8 Å². The van der Waals surface area contributed by atoms with Gasteiger partial charge < -0.3 is 57.1 Å². The quantitative estimate of drug-likeness (QED) is 0.0252. The van der Waals surface area contributed by atoms with Crippen LogP contribution in [0.5, 0.6) is 0 Å². The van der Waals surface area contributed by atoms with Crippen molar-refractivity contribution < 1.29 is 69.5 Å². The summed E-state index contributed by atoms with van der Waals surface area (Å²) in [5.74, 6) is -1.73. The van der Waals surface area contributed by atoms with Gasteiger partial charge in [0.15, 0.2) is 0 Å². The molecular weight excluding hydrogens is 842 g/mol. The molecule has 0 aromatic heterocycles. The zero-order valence-corrected chi connectivity index (χ0v) is 40.2. The molecule has 0 saturated carbocycles. The minimum atomic E-state index is -2.80. The maximum Gasteiger partial charge on any atom is 0.501 e. The molecule has 2 amide bonds. The first kappa shape index (κ1) is 65.3. The van der Waals surface area contributed by atoms with Gasteiger partial charge in [0.2, 0.25) is 17.1 Å². The summed E-state index contributed by atoms with van der Waals surface area (Å²) >= 11 is 4.71. The largest absolute Gasteiger partial charge is 0.501 e. The van der Waals surface area contributed by atoms with Crippen molar-refractivity contribution in [3.8, 4) is 0 Å². The van der Waals surface area contributed by atoms with E-state index in [0.717, 1.165) is 12.2 Å². The molecule has 0 saturated heterocycles. The van der Waals surface area contributed by atoms with Crippen LogP contribution in [0.1, 0.15) is 68.7 Å². The first-order valence-electron chi connectivity index (χ1n) is 19.2. The molecule has 0 fully saturated rings. The summed E-state index contributed by atoms with van der Waals surface area (Å²) in [5, 5.41) is 4.64. The summed E-state index contributed by atoms with van der Waals surface area (Å²) in [6, 6.07) is 0.417. The fourth-order valence-corrected chi connectivity index (χ4v) is 6.80. The molecule has 0 atom stereocenters. The average Bonchev–Trinajstić information content (AvgIpc) is 3.20. The van der Waals surface area contributed by atoms with Crippen molar-refractivity contribution >= 4 is 64.9 Å². The maximum absolute atomic E-state index is 11.9. The van der Waals surface area contributed by atoms with Crippen LogP contribution in [0.3, 0.4) is 0 Å². The molecule has 18 nitrogen and oxygen atoms in total. The van der Waals surface area contributed by atoms with Crippen LogP contribution >= 0.6 is 11.6 Å². The zero-order valence-electron chi connectivity index (χ0n) is 37.2. The van der Waals surface area contributed by atoms with E-state index in [1.807, 2.05) is 41.5 Å². The predicted molar refractivity (Wildman–Crippen MR) is 236 cm³/mol. The molecule has 0 bridgehead atoms. The van der Waals surface area contributed by atoms with E-state index in [9.17, 15) is 28.8 Å². The molecule has 4 N–H and O–H groups in total. The molecule has 0 spiro atoms. The number of hydrogen-bond acceptors (Lipinski definition) is 16. The van der Waals surface area contributed by atoms with Crippen molar-refractivity contribution in [2.24, 2.45) is 5.73 Å². The van der Waals surface area contributed by atoms with E-state index in [1.54, 1.807) is 20.8 Å². The van der Waals surface area contributed by atoms with Gasteiger partial charge in [-0.1, -0.05) is 32.9 Å². The highest BCUT2D eigenvalue weighted by Crippen LogP contribution is 2.18. The fourth-order valence-electron chi connectivity index (χ4n) is 3.15. The molecule has 60 heavy (non-hydrogen) atoms. The Kier molecular flexibility index (Phi) is 50.3. The number of ether oxygens (including phenoxy) is 3. The molecule has 0 heterocycles. The molecule has 0 radical (unpaired) electrons. The Morgan fingerprint density at radius 2 is 0.967 bits per heavy atom. The number of allylic oxidation sites excluding steroid dienone is 1. The summed E-state index contributed by atoms with van der Waals surface area (Å²) in [6.45, 7) is 37.7. The highest BCUT2D eigenvalue weighted by molar-refractivity contribution is 6.66. The molecule has 0 unspecified atom stereocenters. The van der Waals surface area contributed by atoms with E-state index >= 15 is 0 Å². The Morgan fingerprint density at radius 3 is 1.25 bits per heavy atom. The van der Waals surface area contributed by atoms with Crippen LogP contribution in [-0.4, -0.2) is 132 Å². The molecule has 348 valence electrons. The van der Waals surface area contributed by atoms with E-state index in [0.29, 0.717) is 68.9 Å². The number of nitrogens with two attached hydrogens (primary N) is 1.